The highest BCUT2D eigenvalue weighted by molar-refractivity contribution is 5.94. The molecule has 0 saturated carbocycles. The molecule has 2 nitrogen and oxygen atoms in total. The highest BCUT2D eigenvalue weighted by atomic mass is 16.2. The Morgan fingerprint density at radius 3 is 2.48 bits per heavy atom. The van der Waals surface area contributed by atoms with Gasteiger partial charge in [0.05, 0.1) is 6.04 Å². The molecule has 0 bridgehead atoms. The number of carbonyl (C=O) groups is 1. The van der Waals surface area contributed by atoms with Gasteiger partial charge in [-0.15, -0.1) is 0 Å². The van der Waals surface area contributed by atoms with Crippen molar-refractivity contribution in [1.29, 1.82) is 0 Å². The molecule has 1 aliphatic carbocycles. The van der Waals surface area contributed by atoms with E-state index in [9.17, 15) is 4.79 Å². The monoisotopic (exact) mass is 303 g/mol. The molecule has 2 aliphatic rings. The number of allylic oxidation sites excluding steroid dienone is 2. The SMILES string of the molecule is CC(=O)N1c2ccccc2[C@H]2C=CC[C@H]2[C@H]1c1ccccc1C. The summed E-state index contributed by atoms with van der Waals surface area (Å²) >= 11 is 0. The highest BCUT2D eigenvalue weighted by Crippen LogP contribution is 2.53. The predicted octanol–water partition coefficient (Wildman–Crippen LogP) is 4.76. The molecule has 23 heavy (non-hydrogen) atoms. The van der Waals surface area contributed by atoms with Crippen LogP contribution in [-0.4, -0.2) is 5.91 Å². The third kappa shape index (κ3) is 2.13. The Morgan fingerprint density at radius 2 is 1.74 bits per heavy atom. The van der Waals surface area contributed by atoms with Gasteiger partial charge in [0, 0.05) is 18.5 Å². The molecule has 1 amide bonds. The molecule has 2 aromatic carbocycles. The third-order valence-electron chi connectivity index (χ3n) is 5.30. The van der Waals surface area contributed by atoms with Gasteiger partial charge in [-0.1, -0.05) is 54.6 Å². The summed E-state index contributed by atoms with van der Waals surface area (Å²) < 4.78 is 0. The van der Waals surface area contributed by atoms with Gasteiger partial charge in [0.1, 0.15) is 0 Å². The van der Waals surface area contributed by atoms with E-state index in [1.165, 1.54) is 16.7 Å². The van der Waals surface area contributed by atoms with Gasteiger partial charge in [-0.2, -0.15) is 0 Å². The molecule has 0 aromatic heterocycles. The van der Waals surface area contributed by atoms with Crippen molar-refractivity contribution in [1.82, 2.24) is 0 Å². The molecule has 1 aliphatic heterocycles. The fourth-order valence-electron chi connectivity index (χ4n) is 4.32. The van der Waals surface area contributed by atoms with E-state index < -0.39 is 0 Å². The van der Waals surface area contributed by atoms with Gasteiger partial charge in [0.15, 0.2) is 0 Å². The van der Waals surface area contributed by atoms with Crippen molar-refractivity contribution in [2.75, 3.05) is 4.90 Å². The molecule has 0 spiro atoms. The lowest BCUT2D eigenvalue weighted by atomic mass is 9.75. The summed E-state index contributed by atoms with van der Waals surface area (Å²) in [6.07, 6.45) is 5.63. The van der Waals surface area contributed by atoms with Crippen molar-refractivity contribution in [3.63, 3.8) is 0 Å². The van der Waals surface area contributed by atoms with Crippen LogP contribution in [0.1, 0.15) is 42.0 Å². The molecule has 0 saturated heterocycles. The van der Waals surface area contributed by atoms with Crippen molar-refractivity contribution in [2.45, 2.75) is 32.2 Å². The summed E-state index contributed by atoms with van der Waals surface area (Å²) in [7, 11) is 0. The molecule has 0 fully saturated rings. The summed E-state index contributed by atoms with van der Waals surface area (Å²) in [5.41, 5.74) is 4.89. The zero-order valence-electron chi connectivity index (χ0n) is 13.6. The molecule has 116 valence electrons. The van der Waals surface area contributed by atoms with Crippen LogP contribution >= 0.6 is 0 Å². The van der Waals surface area contributed by atoms with E-state index >= 15 is 0 Å². The molecule has 2 heteroatoms. The van der Waals surface area contributed by atoms with Crippen LogP contribution in [0, 0.1) is 12.8 Å². The van der Waals surface area contributed by atoms with Gasteiger partial charge in [0.2, 0.25) is 5.91 Å². The molecule has 3 atom stereocenters. The number of para-hydroxylation sites is 1. The van der Waals surface area contributed by atoms with Crippen LogP contribution in [0.4, 0.5) is 5.69 Å². The van der Waals surface area contributed by atoms with Crippen molar-refractivity contribution >= 4 is 11.6 Å². The van der Waals surface area contributed by atoms with Gasteiger partial charge in [-0.05, 0) is 42.0 Å². The molecule has 0 unspecified atom stereocenters. The lowest BCUT2D eigenvalue weighted by Crippen LogP contribution is -2.42. The second-order valence-electron chi connectivity index (χ2n) is 6.60. The minimum absolute atomic E-state index is 0.114. The van der Waals surface area contributed by atoms with E-state index in [1.807, 2.05) is 11.0 Å². The molecular weight excluding hydrogens is 282 g/mol. The van der Waals surface area contributed by atoms with Crippen LogP contribution < -0.4 is 4.90 Å². The van der Waals surface area contributed by atoms with Gasteiger partial charge >= 0.3 is 0 Å². The van der Waals surface area contributed by atoms with Crippen LogP contribution in [0.5, 0.6) is 0 Å². The Morgan fingerprint density at radius 1 is 1.04 bits per heavy atom. The predicted molar refractivity (Wildman–Crippen MR) is 93.5 cm³/mol. The van der Waals surface area contributed by atoms with Gasteiger partial charge in [-0.3, -0.25) is 4.79 Å². The van der Waals surface area contributed by atoms with Crippen molar-refractivity contribution in [2.24, 2.45) is 5.92 Å². The first-order valence-corrected chi connectivity index (χ1v) is 8.29. The quantitative estimate of drug-likeness (QED) is 0.695. The average Bonchev–Trinajstić information content (AvgIpc) is 3.03. The standard InChI is InChI=1S/C21H21NO/c1-14-8-3-4-9-16(14)21-19-12-7-11-17(19)18-10-5-6-13-20(18)22(21)15(2)23/h3-11,13,17,19,21H,12H2,1-2H3/t17-,19-,21-/m1/s1. The Hall–Kier alpha value is -2.35. The second kappa shape index (κ2) is 5.38. The highest BCUT2D eigenvalue weighted by Gasteiger charge is 2.43. The maximum atomic E-state index is 12.6. The number of anilines is 1. The van der Waals surface area contributed by atoms with E-state index in [0.29, 0.717) is 11.8 Å². The van der Waals surface area contributed by atoms with E-state index in [-0.39, 0.29) is 11.9 Å². The van der Waals surface area contributed by atoms with E-state index in [4.69, 9.17) is 0 Å². The Balaban J connectivity index is 1.94. The third-order valence-corrected chi connectivity index (χ3v) is 5.30. The molecular formula is C21H21NO. The van der Waals surface area contributed by atoms with E-state index in [0.717, 1.165) is 12.1 Å². The fraction of sp³-hybridized carbons (Fsp3) is 0.286. The maximum absolute atomic E-state index is 12.6. The van der Waals surface area contributed by atoms with E-state index in [1.54, 1.807) is 6.92 Å². The van der Waals surface area contributed by atoms with Crippen molar-refractivity contribution in [3.8, 4) is 0 Å². The summed E-state index contributed by atoms with van der Waals surface area (Å²) in [4.78, 5) is 14.6. The summed E-state index contributed by atoms with van der Waals surface area (Å²) in [6.45, 7) is 3.83. The summed E-state index contributed by atoms with van der Waals surface area (Å²) in [5.74, 6) is 0.956. The van der Waals surface area contributed by atoms with Gasteiger partial charge < -0.3 is 4.90 Å². The largest absolute Gasteiger partial charge is 0.305 e. The lowest BCUT2D eigenvalue weighted by Gasteiger charge is -2.44. The maximum Gasteiger partial charge on any atom is 0.224 e. The number of carbonyl (C=O) groups excluding carboxylic acids is 1. The van der Waals surface area contributed by atoms with Crippen LogP contribution in [0.15, 0.2) is 60.7 Å². The lowest BCUT2D eigenvalue weighted by molar-refractivity contribution is -0.117. The van der Waals surface area contributed by atoms with Crippen molar-refractivity contribution in [3.05, 3.63) is 77.4 Å². The Bertz CT molecular complexity index is 792. The topological polar surface area (TPSA) is 20.3 Å². The van der Waals surface area contributed by atoms with Crippen LogP contribution in [0.2, 0.25) is 0 Å². The Labute approximate surface area is 137 Å². The van der Waals surface area contributed by atoms with Gasteiger partial charge in [0.25, 0.3) is 0 Å². The first kappa shape index (κ1) is 14.3. The number of hydrogen-bond donors (Lipinski definition) is 0. The first-order chi connectivity index (χ1) is 11.2. The fourth-order valence-corrected chi connectivity index (χ4v) is 4.32. The number of hydrogen-bond acceptors (Lipinski definition) is 1. The number of aryl methyl sites for hydroxylation is 1. The number of benzene rings is 2. The molecule has 2 aromatic rings. The Kier molecular flexibility index (Phi) is 3.33. The minimum Gasteiger partial charge on any atom is -0.305 e. The van der Waals surface area contributed by atoms with Crippen LogP contribution in [0.25, 0.3) is 0 Å². The summed E-state index contributed by atoms with van der Waals surface area (Å²) in [5, 5.41) is 0. The van der Waals surface area contributed by atoms with Crippen LogP contribution in [-0.2, 0) is 4.79 Å². The normalized spacial score (nSPS) is 25.1. The van der Waals surface area contributed by atoms with E-state index in [2.05, 4.69) is 61.5 Å². The smallest absolute Gasteiger partial charge is 0.224 e. The van der Waals surface area contributed by atoms with Crippen LogP contribution in [0.3, 0.4) is 0 Å². The average molecular weight is 303 g/mol. The summed E-state index contributed by atoms with van der Waals surface area (Å²) in [6, 6.07) is 17.0. The minimum atomic E-state index is 0.114. The molecule has 1 heterocycles. The number of amides is 1. The second-order valence-corrected chi connectivity index (χ2v) is 6.60. The number of nitrogens with zero attached hydrogens (tertiary/aromatic N) is 1. The molecule has 0 N–H and O–H groups in total. The van der Waals surface area contributed by atoms with Gasteiger partial charge in [-0.25, -0.2) is 0 Å². The molecule has 4 rings (SSSR count). The molecule has 0 radical (unpaired) electrons. The zero-order chi connectivity index (χ0) is 16.0. The number of fused-ring (bicyclic) bond motifs is 3. The zero-order valence-corrected chi connectivity index (χ0v) is 13.6. The number of rotatable bonds is 1. The first-order valence-electron chi connectivity index (χ1n) is 8.29. The van der Waals surface area contributed by atoms with Crippen molar-refractivity contribution < 1.29 is 4.79 Å².